The summed E-state index contributed by atoms with van der Waals surface area (Å²) < 4.78 is 38.2. The normalized spacial score (nSPS) is 10.7. The lowest BCUT2D eigenvalue weighted by Crippen LogP contribution is -2.16. The topological polar surface area (TPSA) is 103 Å². The van der Waals surface area contributed by atoms with Crippen LogP contribution in [0.2, 0.25) is 10.0 Å². The van der Waals surface area contributed by atoms with Crippen molar-refractivity contribution in [1.82, 2.24) is 15.0 Å². The number of sulfonamides is 1. The van der Waals surface area contributed by atoms with Gasteiger partial charge in [0.25, 0.3) is 15.9 Å². The second kappa shape index (κ2) is 9.93. The molecule has 154 valence electrons. The van der Waals surface area contributed by atoms with Gasteiger partial charge in [-0.1, -0.05) is 35.3 Å². The first-order valence-electron chi connectivity index (χ1n) is 7.81. The van der Waals surface area contributed by atoms with Gasteiger partial charge in [0.2, 0.25) is 11.7 Å². The zero-order valence-electron chi connectivity index (χ0n) is 14.9. The Labute approximate surface area is 183 Å². The summed E-state index contributed by atoms with van der Waals surface area (Å²) in [5, 5.41) is 0.0137. The van der Waals surface area contributed by atoms with E-state index in [0.717, 1.165) is 0 Å². The van der Waals surface area contributed by atoms with Gasteiger partial charge in [0.05, 0.1) is 29.0 Å². The maximum Gasteiger partial charge on any atom is 0.264 e. The second-order valence-corrected chi connectivity index (χ2v) is 7.77. The highest BCUT2D eigenvalue weighted by atomic mass is 35.5. The van der Waals surface area contributed by atoms with Crippen LogP contribution in [-0.2, 0) is 16.6 Å². The maximum absolute atomic E-state index is 12.6. The monoisotopic (exact) mass is 476 g/mol. The number of anilines is 1. The van der Waals surface area contributed by atoms with Crippen LogP contribution in [0, 0.1) is 0 Å². The summed E-state index contributed by atoms with van der Waals surface area (Å²) in [5.74, 6) is -0.0461. The van der Waals surface area contributed by atoms with Gasteiger partial charge in [0.15, 0.2) is 0 Å². The first-order chi connectivity index (χ1) is 13.4. The fraction of sp³-hybridized carbons (Fsp3) is 0.118. The Kier molecular flexibility index (Phi) is 7.86. The average Bonchev–Trinajstić information content (AvgIpc) is 2.69. The van der Waals surface area contributed by atoms with Crippen LogP contribution in [0.5, 0.6) is 11.8 Å². The lowest BCUT2D eigenvalue weighted by molar-refractivity contribution is 0.281. The standard InChI is InChI=1S/C17H14Cl2N4O4S.ClH/c1-26-17-16(23-28(24,25)13-7-4-6-12(18)15(13)19)21-9-14(22-17)27-10-11-5-2-3-8-20-11;/h2-9H,10H2,1H3,(H,21,23);1H. The van der Waals surface area contributed by atoms with Crippen LogP contribution < -0.4 is 14.2 Å². The molecule has 2 aromatic heterocycles. The number of hydrogen-bond donors (Lipinski definition) is 1. The van der Waals surface area contributed by atoms with Crippen LogP contribution in [0.4, 0.5) is 5.82 Å². The second-order valence-electron chi connectivity index (χ2n) is 5.33. The van der Waals surface area contributed by atoms with Crippen molar-refractivity contribution in [2.24, 2.45) is 0 Å². The van der Waals surface area contributed by atoms with Crippen LogP contribution in [0.25, 0.3) is 0 Å². The van der Waals surface area contributed by atoms with Gasteiger partial charge in [-0.25, -0.2) is 13.4 Å². The number of pyridine rings is 1. The molecule has 12 heteroatoms. The largest absolute Gasteiger partial charge is 0.478 e. The minimum Gasteiger partial charge on any atom is -0.478 e. The van der Waals surface area contributed by atoms with Gasteiger partial charge in [0.1, 0.15) is 11.5 Å². The van der Waals surface area contributed by atoms with Crippen molar-refractivity contribution >= 4 is 51.5 Å². The number of hydrogen-bond acceptors (Lipinski definition) is 7. The Morgan fingerprint density at radius 2 is 1.90 bits per heavy atom. The highest BCUT2D eigenvalue weighted by Crippen LogP contribution is 2.31. The Bertz CT molecular complexity index is 1090. The number of nitrogens with one attached hydrogen (secondary N) is 1. The molecule has 8 nitrogen and oxygen atoms in total. The molecule has 29 heavy (non-hydrogen) atoms. The van der Waals surface area contributed by atoms with E-state index in [1.807, 2.05) is 6.07 Å². The number of methoxy groups -OCH3 is 1. The summed E-state index contributed by atoms with van der Waals surface area (Å²) in [5.41, 5.74) is 0.698. The van der Waals surface area contributed by atoms with Crippen molar-refractivity contribution in [3.05, 3.63) is 64.5 Å². The van der Waals surface area contributed by atoms with E-state index >= 15 is 0 Å². The number of rotatable bonds is 7. The lowest BCUT2D eigenvalue weighted by atomic mass is 10.4. The summed E-state index contributed by atoms with van der Waals surface area (Å²) in [4.78, 5) is 12.1. The van der Waals surface area contributed by atoms with Gasteiger partial charge in [-0.3, -0.25) is 9.71 Å². The zero-order valence-corrected chi connectivity index (χ0v) is 18.0. The number of aromatic nitrogens is 3. The predicted octanol–water partition coefficient (Wildman–Crippen LogP) is 3.99. The van der Waals surface area contributed by atoms with E-state index in [2.05, 4.69) is 19.7 Å². The highest BCUT2D eigenvalue weighted by Gasteiger charge is 2.22. The molecule has 0 aliphatic heterocycles. The smallest absolute Gasteiger partial charge is 0.264 e. The predicted molar refractivity (Wildman–Crippen MR) is 112 cm³/mol. The third-order valence-corrected chi connectivity index (χ3v) is 5.75. The molecule has 1 N–H and O–H groups in total. The van der Waals surface area contributed by atoms with Crippen molar-refractivity contribution in [2.75, 3.05) is 11.8 Å². The fourth-order valence-electron chi connectivity index (χ4n) is 2.14. The molecule has 0 fully saturated rings. The summed E-state index contributed by atoms with van der Waals surface area (Å²) in [6, 6.07) is 9.69. The molecule has 3 rings (SSSR count). The Balaban J connectivity index is 0.00000300. The third-order valence-electron chi connectivity index (χ3n) is 3.44. The molecule has 0 bridgehead atoms. The van der Waals surface area contributed by atoms with E-state index in [4.69, 9.17) is 32.7 Å². The Morgan fingerprint density at radius 3 is 2.59 bits per heavy atom. The van der Waals surface area contributed by atoms with Crippen molar-refractivity contribution in [2.45, 2.75) is 11.5 Å². The maximum atomic E-state index is 12.6. The van der Waals surface area contributed by atoms with Crippen LogP contribution >= 0.6 is 35.6 Å². The zero-order chi connectivity index (χ0) is 20.1. The Morgan fingerprint density at radius 1 is 1.10 bits per heavy atom. The van der Waals surface area contributed by atoms with Gasteiger partial charge in [-0.2, -0.15) is 4.98 Å². The lowest BCUT2D eigenvalue weighted by Gasteiger charge is -2.12. The van der Waals surface area contributed by atoms with Crippen molar-refractivity contribution in [3.8, 4) is 11.8 Å². The molecular formula is C17H15Cl3N4O4S. The average molecular weight is 478 g/mol. The SMILES string of the molecule is COc1nc(OCc2ccccn2)cnc1NS(=O)(=O)c1cccc(Cl)c1Cl.Cl. The van der Waals surface area contributed by atoms with Gasteiger partial charge in [-0.05, 0) is 24.3 Å². The first-order valence-corrected chi connectivity index (χ1v) is 10.0. The molecule has 0 amide bonds. The van der Waals surface area contributed by atoms with E-state index in [-0.39, 0.29) is 51.5 Å². The minimum absolute atomic E-state index is 0. The number of nitrogens with zero attached hydrogens (tertiary/aromatic N) is 3. The summed E-state index contributed by atoms with van der Waals surface area (Å²) >= 11 is 11.9. The van der Waals surface area contributed by atoms with E-state index in [1.165, 1.54) is 31.5 Å². The van der Waals surface area contributed by atoms with E-state index in [9.17, 15) is 8.42 Å². The molecule has 0 spiro atoms. The highest BCUT2D eigenvalue weighted by molar-refractivity contribution is 7.92. The van der Waals surface area contributed by atoms with Crippen molar-refractivity contribution in [3.63, 3.8) is 0 Å². The summed E-state index contributed by atoms with van der Waals surface area (Å²) in [6.45, 7) is 0.169. The molecule has 3 aromatic rings. The number of halogens is 3. The molecule has 0 aliphatic carbocycles. The van der Waals surface area contributed by atoms with Gasteiger partial charge >= 0.3 is 0 Å². The molecule has 0 saturated heterocycles. The molecule has 1 aromatic carbocycles. The molecule has 0 saturated carbocycles. The molecular weight excluding hydrogens is 463 g/mol. The quantitative estimate of drug-likeness (QED) is 0.549. The molecule has 2 heterocycles. The van der Waals surface area contributed by atoms with E-state index < -0.39 is 10.0 Å². The molecule has 0 aliphatic rings. The molecule has 0 atom stereocenters. The van der Waals surface area contributed by atoms with E-state index in [0.29, 0.717) is 5.69 Å². The van der Waals surface area contributed by atoms with Crippen molar-refractivity contribution < 1.29 is 17.9 Å². The summed E-state index contributed by atoms with van der Waals surface area (Å²) in [7, 11) is -2.74. The number of benzene rings is 1. The number of ether oxygens (including phenoxy) is 2. The van der Waals surface area contributed by atoms with Crippen LogP contribution in [0.1, 0.15) is 5.69 Å². The molecule has 0 radical (unpaired) electrons. The van der Waals surface area contributed by atoms with Crippen molar-refractivity contribution in [1.29, 1.82) is 0 Å². The third kappa shape index (κ3) is 5.60. The summed E-state index contributed by atoms with van der Waals surface area (Å²) in [6.07, 6.45) is 2.91. The van der Waals surface area contributed by atoms with Crippen LogP contribution in [-0.4, -0.2) is 30.5 Å². The fourth-order valence-corrected chi connectivity index (χ4v) is 3.91. The van der Waals surface area contributed by atoms with Crippen LogP contribution in [0.15, 0.2) is 53.7 Å². The minimum atomic E-state index is -4.07. The van der Waals surface area contributed by atoms with Crippen LogP contribution in [0.3, 0.4) is 0 Å². The Hall–Kier alpha value is -2.33. The van der Waals surface area contributed by atoms with Gasteiger partial charge in [-0.15, -0.1) is 12.4 Å². The van der Waals surface area contributed by atoms with Gasteiger partial charge < -0.3 is 9.47 Å². The van der Waals surface area contributed by atoms with E-state index in [1.54, 1.807) is 18.3 Å². The van der Waals surface area contributed by atoms with Gasteiger partial charge in [0, 0.05) is 6.20 Å². The first kappa shape index (κ1) is 23.0. The molecule has 0 unspecified atom stereocenters.